The van der Waals surface area contributed by atoms with Crippen molar-refractivity contribution in [3.05, 3.63) is 29.8 Å². The molecule has 0 aliphatic carbocycles. The Morgan fingerprint density at radius 2 is 1.50 bits per heavy atom. The fraction of sp³-hybridized carbons (Fsp3) is 0.714. The van der Waals surface area contributed by atoms with Gasteiger partial charge in [0.25, 0.3) is 0 Å². The third-order valence-corrected chi connectivity index (χ3v) is 4.67. The Bertz CT molecular complexity index is 403. The van der Waals surface area contributed by atoms with E-state index in [9.17, 15) is 0 Å². The van der Waals surface area contributed by atoms with Gasteiger partial charge in [-0.05, 0) is 44.8 Å². The number of nitrogens with zero attached hydrogens (tertiary/aromatic N) is 1. The molecule has 1 aromatic rings. The lowest BCUT2D eigenvalue weighted by molar-refractivity contribution is 0.288. The van der Waals surface area contributed by atoms with Crippen molar-refractivity contribution in [3.63, 3.8) is 0 Å². The first kappa shape index (κ1) is 21.0. The van der Waals surface area contributed by atoms with Crippen LogP contribution in [-0.4, -0.2) is 39.2 Å². The van der Waals surface area contributed by atoms with Crippen LogP contribution in [0.15, 0.2) is 24.3 Å². The third-order valence-electron chi connectivity index (χ3n) is 4.67. The molecule has 0 bridgehead atoms. The number of methoxy groups -OCH3 is 1. The molecule has 0 saturated heterocycles. The third kappa shape index (κ3) is 8.70. The molecule has 24 heavy (non-hydrogen) atoms. The summed E-state index contributed by atoms with van der Waals surface area (Å²) >= 11 is 0. The minimum atomic E-state index is 0.407. The molecule has 3 nitrogen and oxygen atoms in total. The van der Waals surface area contributed by atoms with Gasteiger partial charge in [0, 0.05) is 12.6 Å². The Labute approximate surface area is 149 Å². The number of hydrogen-bond donors (Lipinski definition) is 1. The van der Waals surface area contributed by atoms with Crippen molar-refractivity contribution in [2.24, 2.45) is 0 Å². The lowest BCUT2D eigenvalue weighted by Crippen LogP contribution is -2.31. The molecule has 0 aliphatic heterocycles. The number of rotatable bonds is 14. The predicted molar refractivity (Wildman–Crippen MR) is 105 cm³/mol. The van der Waals surface area contributed by atoms with Gasteiger partial charge in [-0.15, -0.1) is 0 Å². The Hall–Kier alpha value is -1.06. The van der Waals surface area contributed by atoms with Gasteiger partial charge in [0.05, 0.1) is 7.11 Å². The van der Waals surface area contributed by atoms with E-state index in [1.165, 1.54) is 56.9 Å². The molecule has 0 radical (unpaired) electrons. The predicted octanol–water partition coefficient (Wildman–Crippen LogP) is 5.03. The molecule has 0 aromatic heterocycles. The van der Waals surface area contributed by atoms with Crippen LogP contribution < -0.4 is 10.1 Å². The summed E-state index contributed by atoms with van der Waals surface area (Å²) in [4.78, 5) is 2.28. The highest BCUT2D eigenvalue weighted by Crippen LogP contribution is 2.20. The minimum absolute atomic E-state index is 0.407. The number of nitrogens with one attached hydrogen (secondary N) is 1. The van der Waals surface area contributed by atoms with E-state index in [2.05, 4.69) is 43.4 Å². The number of unbranched alkanes of at least 4 members (excludes halogenated alkanes) is 7. The maximum Gasteiger partial charge on any atom is 0.118 e. The van der Waals surface area contributed by atoms with Crippen molar-refractivity contribution < 1.29 is 4.74 Å². The van der Waals surface area contributed by atoms with E-state index in [-0.39, 0.29) is 0 Å². The first-order chi connectivity index (χ1) is 11.7. The zero-order chi connectivity index (χ0) is 17.6. The lowest BCUT2D eigenvalue weighted by Gasteiger charge is -2.25. The van der Waals surface area contributed by atoms with Crippen LogP contribution in [0.2, 0.25) is 0 Å². The molecule has 0 aliphatic rings. The van der Waals surface area contributed by atoms with Crippen molar-refractivity contribution in [2.45, 2.75) is 64.3 Å². The molecule has 1 atom stereocenters. The van der Waals surface area contributed by atoms with Gasteiger partial charge in [0.15, 0.2) is 0 Å². The summed E-state index contributed by atoms with van der Waals surface area (Å²) in [5.74, 6) is 0.920. The highest BCUT2D eigenvalue weighted by molar-refractivity contribution is 5.29. The first-order valence-electron chi connectivity index (χ1n) is 9.70. The van der Waals surface area contributed by atoms with E-state index in [0.717, 1.165) is 18.8 Å². The topological polar surface area (TPSA) is 24.5 Å². The van der Waals surface area contributed by atoms with Gasteiger partial charge >= 0.3 is 0 Å². The molecule has 0 fully saturated rings. The Morgan fingerprint density at radius 1 is 0.917 bits per heavy atom. The highest BCUT2D eigenvalue weighted by atomic mass is 16.5. The van der Waals surface area contributed by atoms with Crippen LogP contribution in [0, 0.1) is 0 Å². The van der Waals surface area contributed by atoms with E-state index in [4.69, 9.17) is 4.74 Å². The molecule has 138 valence electrons. The fourth-order valence-electron chi connectivity index (χ4n) is 3.05. The smallest absolute Gasteiger partial charge is 0.118 e. The summed E-state index contributed by atoms with van der Waals surface area (Å²) < 4.78 is 5.25. The van der Waals surface area contributed by atoms with E-state index >= 15 is 0 Å². The van der Waals surface area contributed by atoms with Gasteiger partial charge in [-0.2, -0.15) is 0 Å². The molecule has 0 heterocycles. The molecule has 0 amide bonds. The van der Waals surface area contributed by atoms with Gasteiger partial charge in [-0.3, -0.25) is 0 Å². The SMILES string of the molecule is CCCCCCCCCCNCC(c1ccc(OC)cc1)N(C)C. The van der Waals surface area contributed by atoms with Crippen molar-refractivity contribution in [1.82, 2.24) is 10.2 Å². The van der Waals surface area contributed by atoms with Crippen LogP contribution in [0.4, 0.5) is 0 Å². The normalized spacial score (nSPS) is 12.5. The molecule has 1 aromatic carbocycles. The van der Waals surface area contributed by atoms with E-state index < -0.39 is 0 Å². The van der Waals surface area contributed by atoms with Crippen LogP contribution >= 0.6 is 0 Å². The zero-order valence-electron chi connectivity index (χ0n) is 16.3. The monoisotopic (exact) mass is 334 g/mol. The minimum Gasteiger partial charge on any atom is -0.497 e. The van der Waals surface area contributed by atoms with E-state index in [1.807, 2.05) is 12.1 Å². The average molecular weight is 335 g/mol. The maximum absolute atomic E-state index is 5.25. The summed E-state index contributed by atoms with van der Waals surface area (Å²) in [5, 5.41) is 3.63. The lowest BCUT2D eigenvalue weighted by atomic mass is 10.1. The van der Waals surface area contributed by atoms with Gasteiger partial charge < -0.3 is 15.0 Å². The summed E-state index contributed by atoms with van der Waals surface area (Å²) in [6, 6.07) is 8.84. The quantitative estimate of drug-likeness (QED) is 0.483. The van der Waals surface area contributed by atoms with Crippen LogP contribution in [0.1, 0.15) is 69.9 Å². The van der Waals surface area contributed by atoms with Gasteiger partial charge in [0.2, 0.25) is 0 Å². The summed E-state index contributed by atoms with van der Waals surface area (Å²) in [6.07, 6.45) is 11.0. The van der Waals surface area contributed by atoms with Crippen molar-refractivity contribution in [3.8, 4) is 5.75 Å². The van der Waals surface area contributed by atoms with Crippen molar-refractivity contribution in [1.29, 1.82) is 0 Å². The van der Waals surface area contributed by atoms with Gasteiger partial charge in [-0.25, -0.2) is 0 Å². The zero-order valence-corrected chi connectivity index (χ0v) is 16.3. The van der Waals surface area contributed by atoms with Crippen molar-refractivity contribution >= 4 is 0 Å². The Balaban J connectivity index is 2.18. The number of benzene rings is 1. The maximum atomic E-state index is 5.25. The largest absolute Gasteiger partial charge is 0.497 e. The Morgan fingerprint density at radius 3 is 2.04 bits per heavy atom. The molecule has 0 spiro atoms. The number of likely N-dealkylation sites (N-methyl/N-ethyl adjacent to an activating group) is 1. The summed E-state index contributed by atoms with van der Waals surface area (Å²) in [5.41, 5.74) is 1.34. The molecule has 0 saturated carbocycles. The summed E-state index contributed by atoms with van der Waals surface area (Å²) in [6.45, 7) is 4.39. The molecule has 1 unspecified atom stereocenters. The Kier molecular flexibility index (Phi) is 11.6. The molecular formula is C21H38N2O. The standard InChI is InChI=1S/C21H38N2O/c1-5-6-7-8-9-10-11-12-17-22-18-21(23(2)3)19-13-15-20(24-4)16-14-19/h13-16,21-22H,5-12,17-18H2,1-4H3. The van der Waals surface area contributed by atoms with Crippen LogP contribution in [0.25, 0.3) is 0 Å². The van der Waals surface area contributed by atoms with E-state index in [1.54, 1.807) is 7.11 Å². The van der Waals surface area contributed by atoms with Crippen LogP contribution in [0.5, 0.6) is 5.75 Å². The molecule has 3 heteroatoms. The highest BCUT2D eigenvalue weighted by Gasteiger charge is 2.13. The molecule has 1 N–H and O–H groups in total. The average Bonchev–Trinajstić information content (AvgIpc) is 2.59. The summed E-state index contributed by atoms with van der Waals surface area (Å²) in [7, 11) is 6.00. The van der Waals surface area contributed by atoms with E-state index in [0.29, 0.717) is 6.04 Å². The second-order valence-corrected chi connectivity index (χ2v) is 6.93. The second kappa shape index (κ2) is 13.3. The van der Waals surface area contributed by atoms with Crippen LogP contribution in [-0.2, 0) is 0 Å². The number of hydrogen-bond acceptors (Lipinski definition) is 3. The first-order valence-corrected chi connectivity index (χ1v) is 9.70. The number of ether oxygens (including phenoxy) is 1. The molecule has 1 rings (SSSR count). The fourth-order valence-corrected chi connectivity index (χ4v) is 3.05. The van der Waals surface area contributed by atoms with Crippen LogP contribution in [0.3, 0.4) is 0 Å². The van der Waals surface area contributed by atoms with Gasteiger partial charge in [-0.1, -0.05) is 64.0 Å². The molecular weight excluding hydrogens is 296 g/mol. The van der Waals surface area contributed by atoms with Crippen molar-refractivity contribution in [2.75, 3.05) is 34.3 Å². The van der Waals surface area contributed by atoms with Gasteiger partial charge in [0.1, 0.15) is 5.75 Å². The second-order valence-electron chi connectivity index (χ2n) is 6.93.